The molecule has 2 heterocycles. The number of nitrogens with zero attached hydrogens (tertiary/aromatic N) is 4. The molecule has 0 saturated heterocycles. The molecule has 0 aliphatic heterocycles. The van der Waals surface area contributed by atoms with E-state index in [2.05, 4.69) is 32.6 Å². The lowest BCUT2D eigenvalue weighted by atomic mass is 10.4. The first kappa shape index (κ1) is 13.5. The van der Waals surface area contributed by atoms with Crippen LogP contribution >= 0.6 is 0 Å². The van der Waals surface area contributed by atoms with Crippen molar-refractivity contribution in [1.29, 1.82) is 0 Å². The highest BCUT2D eigenvalue weighted by molar-refractivity contribution is 5.88. The van der Waals surface area contributed by atoms with Gasteiger partial charge in [-0.3, -0.25) is 5.32 Å². The number of hydrogen-bond donors (Lipinski definition) is 2. The molecule has 2 N–H and O–H groups in total. The second-order valence-electron chi connectivity index (χ2n) is 5.50. The van der Waals surface area contributed by atoms with Crippen LogP contribution in [0.3, 0.4) is 0 Å². The number of nitrogens with one attached hydrogen (secondary N) is 2. The van der Waals surface area contributed by atoms with Gasteiger partial charge in [-0.15, -0.1) is 0 Å². The molecule has 0 aromatic carbocycles. The average Bonchev–Trinajstić information content (AvgIpc) is 2.89. The minimum absolute atomic E-state index is 0.226. The van der Waals surface area contributed by atoms with Crippen LogP contribution < -0.4 is 10.6 Å². The first-order valence-corrected chi connectivity index (χ1v) is 6.97. The van der Waals surface area contributed by atoms with Crippen LogP contribution in [0.2, 0.25) is 0 Å². The number of amides is 2. The predicted molar refractivity (Wildman–Crippen MR) is 78.4 cm³/mol. The molecule has 2 aromatic rings. The van der Waals surface area contributed by atoms with Gasteiger partial charge in [-0.05, 0) is 32.3 Å². The molecule has 1 aliphatic carbocycles. The van der Waals surface area contributed by atoms with Gasteiger partial charge in [-0.2, -0.15) is 9.78 Å². The van der Waals surface area contributed by atoms with Crippen molar-refractivity contribution in [2.24, 2.45) is 5.92 Å². The Labute approximate surface area is 122 Å². The van der Waals surface area contributed by atoms with Crippen molar-refractivity contribution in [3.8, 4) is 5.95 Å². The van der Waals surface area contributed by atoms with E-state index in [4.69, 9.17) is 0 Å². The van der Waals surface area contributed by atoms with Crippen LogP contribution in [-0.2, 0) is 0 Å². The Morgan fingerprint density at radius 3 is 2.62 bits per heavy atom. The van der Waals surface area contributed by atoms with Crippen molar-refractivity contribution >= 4 is 11.8 Å². The van der Waals surface area contributed by atoms with E-state index >= 15 is 0 Å². The Bertz CT molecular complexity index is 660. The maximum Gasteiger partial charge on any atom is 0.320 e. The van der Waals surface area contributed by atoms with Gasteiger partial charge in [0.1, 0.15) is 5.82 Å². The van der Waals surface area contributed by atoms with E-state index < -0.39 is 0 Å². The molecule has 1 aliphatic rings. The molecule has 0 bridgehead atoms. The molecule has 21 heavy (non-hydrogen) atoms. The van der Waals surface area contributed by atoms with Gasteiger partial charge in [-0.1, -0.05) is 6.92 Å². The van der Waals surface area contributed by atoms with E-state index in [0.717, 1.165) is 17.8 Å². The summed E-state index contributed by atoms with van der Waals surface area (Å²) in [6.07, 6.45) is 2.64. The van der Waals surface area contributed by atoms with Gasteiger partial charge in [0, 0.05) is 23.5 Å². The van der Waals surface area contributed by atoms with E-state index in [1.54, 1.807) is 12.3 Å². The fraction of sp³-hybridized carbons (Fsp3) is 0.429. The highest BCUT2D eigenvalue weighted by Crippen LogP contribution is 2.28. The molecule has 2 amide bonds. The van der Waals surface area contributed by atoms with Gasteiger partial charge >= 0.3 is 6.03 Å². The van der Waals surface area contributed by atoms with E-state index in [0.29, 0.717) is 17.7 Å². The van der Waals surface area contributed by atoms with Crippen LogP contribution in [0.4, 0.5) is 10.6 Å². The fourth-order valence-electron chi connectivity index (χ4n) is 2.20. The van der Waals surface area contributed by atoms with Crippen molar-refractivity contribution in [3.63, 3.8) is 0 Å². The highest BCUT2D eigenvalue weighted by Gasteiger charge is 2.33. The molecule has 2 unspecified atom stereocenters. The van der Waals surface area contributed by atoms with Gasteiger partial charge in [0.15, 0.2) is 0 Å². The highest BCUT2D eigenvalue weighted by atomic mass is 16.2. The Balaban J connectivity index is 1.78. The number of anilines is 1. The van der Waals surface area contributed by atoms with Crippen LogP contribution in [0.25, 0.3) is 5.95 Å². The number of rotatable bonds is 3. The minimum Gasteiger partial charge on any atom is -0.335 e. The number of aromatic nitrogens is 4. The maximum absolute atomic E-state index is 11.9. The van der Waals surface area contributed by atoms with Crippen LogP contribution in [0, 0.1) is 19.8 Å². The van der Waals surface area contributed by atoms with Crippen molar-refractivity contribution in [2.75, 3.05) is 5.32 Å². The van der Waals surface area contributed by atoms with Gasteiger partial charge < -0.3 is 5.32 Å². The molecule has 7 heteroatoms. The third kappa shape index (κ3) is 3.01. The van der Waals surface area contributed by atoms with Crippen molar-refractivity contribution in [1.82, 2.24) is 25.1 Å². The van der Waals surface area contributed by atoms with Crippen molar-refractivity contribution in [3.05, 3.63) is 29.7 Å². The third-order valence-electron chi connectivity index (χ3n) is 3.47. The summed E-state index contributed by atoms with van der Waals surface area (Å²) in [4.78, 5) is 20.6. The summed E-state index contributed by atoms with van der Waals surface area (Å²) in [5.74, 6) is 1.56. The minimum atomic E-state index is -0.226. The lowest BCUT2D eigenvalue weighted by Gasteiger charge is -2.09. The number of carbonyl (C=O) groups excluding carboxylic acids is 1. The summed E-state index contributed by atoms with van der Waals surface area (Å²) < 4.78 is 1.52. The molecule has 110 valence electrons. The molecule has 2 aromatic heterocycles. The molecule has 2 atom stereocenters. The molecular formula is C14H18N6O. The van der Waals surface area contributed by atoms with E-state index in [1.807, 2.05) is 19.9 Å². The van der Waals surface area contributed by atoms with Crippen LogP contribution in [0.5, 0.6) is 0 Å². The van der Waals surface area contributed by atoms with Crippen LogP contribution in [0.15, 0.2) is 18.3 Å². The first-order valence-electron chi connectivity index (χ1n) is 6.97. The molecule has 0 radical (unpaired) electrons. The first-order chi connectivity index (χ1) is 10.0. The van der Waals surface area contributed by atoms with Crippen molar-refractivity contribution < 1.29 is 4.79 Å². The number of hydrogen-bond acceptors (Lipinski definition) is 4. The second-order valence-corrected chi connectivity index (χ2v) is 5.50. The van der Waals surface area contributed by atoms with Crippen molar-refractivity contribution in [2.45, 2.75) is 33.2 Å². The van der Waals surface area contributed by atoms with E-state index in [9.17, 15) is 4.79 Å². The van der Waals surface area contributed by atoms with E-state index in [1.165, 1.54) is 4.68 Å². The summed E-state index contributed by atoms with van der Waals surface area (Å²) in [5, 5.41) is 9.88. The molecule has 1 saturated carbocycles. The zero-order valence-electron chi connectivity index (χ0n) is 12.3. The zero-order valence-corrected chi connectivity index (χ0v) is 12.3. The Morgan fingerprint density at radius 1 is 1.33 bits per heavy atom. The second kappa shape index (κ2) is 5.16. The molecule has 1 fully saturated rings. The normalized spacial score (nSPS) is 20.1. The quantitative estimate of drug-likeness (QED) is 0.901. The summed E-state index contributed by atoms with van der Waals surface area (Å²) in [6, 6.07) is 3.66. The van der Waals surface area contributed by atoms with Crippen LogP contribution in [0.1, 0.15) is 24.7 Å². The molecular weight excluding hydrogens is 268 g/mol. The van der Waals surface area contributed by atoms with E-state index in [-0.39, 0.29) is 12.1 Å². The monoisotopic (exact) mass is 286 g/mol. The average molecular weight is 286 g/mol. The van der Waals surface area contributed by atoms with Gasteiger partial charge in [0.05, 0.1) is 6.20 Å². The zero-order chi connectivity index (χ0) is 15.0. The summed E-state index contributed by atoms with van der Waals surface area (Å²) in [5.41, 5.74) is 1.71. The molecule has 3 rings (SSSR count). The van der Waals surface area contributed by atoms with Gasteiger partial charge in [0.2, 0.25) is 0 Å². The number of carbonyl (C=O) groups is 1. The van der Waals surface area contributed by atoms with Gasteiger partial charge in [0.25, 0.3) is 5.95 Å². The predicted octanol–water partition coefficient (Wildman–Crippen LogP) is 1.81. The lowest BCUT2D eigenvalue weighted by molar-refractivity contribution is 0.251. The van der Waals surface area contributed by atoms with Gasteiger partial charge in [-0.25, -0.2) is 14.8 Å². The standard InChI is InChI=1S/C14H18N6O/c1-8-6-11(8)18-14(21)19-12-4-5-15-20(12)13-16-9(2)7-10(3)17-13/h4-5,7-8,11H,6H2,1-3H3,(H2,18,19,21). The topological polar surface area (TPSA) is 84.7 Å². The summed E-state index contributed by atoms with van der Waals surface area (Å²) in [7, 11) is 0. The number of aryl methyl sites for hydroxylation is 2. The Hall–Kier alpha value is -2.44. The summed E-state index contributed by atoms with van der Waals surface area (Å²) >= 11 is 0. The molecule has 7 nitrogen and oxygen atoms in total. The smallest absolute Gasteiger partial charge is 0.320 e. The maximum atomic E-state index is 11.9. The molecule has 0 spiro atoms. The van der Waals surface area contributed by atoms with Crippen LogP contribution in [-0.4, -0.2) is 31.8 Å². The largest absolute Gasteiger partial charge is 0.335 e. The Kier molecular flexibility index (Phi) is 3.32. The number of urea groups is 1. The Morgan fingerprint density at radius 2 is 2.00 bits per heavy atom. The SMILES string of the molecule is Cc1cc(C)nc(-n2nccc2NC(=O)NC2CC2C)n1. The fourth-order valence-corrected chi connectivity index (χ4v) is 2.20. The lowest BCUT2D eigenvalue weighted by Crippen LogP contribution is -2.32. The summed E-state index contributed by atoms with van der Waals surface area (Å²) in [6.45, 7) is 5.91. The third-order valence-corrected chi connectivity index (χ3v) is 3.47.